The second-order valence-corrected chi connectivity index (χ2v) is 6.14. The van der Waals surface area contributed by atoms with Crippen LogP contribution in [0.1, 0.15) is 6.92 Å². The first kappa shape index (κ1) is 18.7. The zero-order valence-electron chi connectivity index (χ0n) is 15.2. The van der Waals surface area contributed by atoms with Gasteiger partial charge in [-0.25, -0.2) is 0 Å². The highest BCUT2D eigenvalue weighted by atomic mass is 16.5. The number of hydrogen-bond donors (Lipinski definition) is 2. The highest BCUT2D eigenvalue weighted by Crippen LogP contribution is 2.25. The van der Waals surface area contributed by atoms with Crippen LogP contribution in [0.2, 0.25) is 0 Å². The van der Waals surface area contributed by atoms with E-state index in [0.717, 1.165) is 5.75 Å². The van der Waals surface area contributed by atoms with Gasteiger partial charge in [0.25, 0.3) is 0 Å². The van der Waals surface area contributed by atoms with Crippen LogP contribution in [0.15, 0.2) is 48.5 Å². The number of carbonyl (C=O) groups excluding carboxylic acids is 2. The highest BCUT2D eigenvalue weighted by Gasteiger charge is 2.18. The van der Waals surface area contributed by atoms with Gasteiger partial charge in [0.1, 0.15) is 17.2 Å². The Hall–Kier alpha value is -3.06. The fourth-order valence-corrected chi connectivity index (χ4v) is 2.74. The number of nitrogens with one attached hydrogen (secondary N) is 2. The Kier molecular flexibility index (Phi) is 6.27. The van der Waals surface area contributed by atoms with Crippen molar-refractivity contribution in [3.05, 3.63) is 48.5 Å². The van der Waals surface area contributed by atoms with Gasteiger partial charge in [-0.15, -0.1) is 0 Å². The van der Waals surface area contributed by atoms with Gasteiger partial charge in [0, 0.05) is 18.8 Å². The normalized spacial score (nSPS) is 14.3. The number of nitrogens with zero attached hydrogens (tertiary/aromatic N) is 1. The summed E-state index contributed by atoms with van der Waals surface area (Å²) in [6.07, 6.45) is 0. The van der Waals surface area contributed by atoms with Gasteiger partial charge in [-0.05, 0) is 55.5 Å². The Morgan fingerprint density at radius 2 is 1.70 bits per heavy atom. The Bertz CT molecular complexity index is 775. The lowest BCUT2D eigenvalue weighted by atomic mass is 10.3. The van der Waals surface area contributed by atoms with Crippen LogP contribution in [0.4, 0.5) is 5.69 Å². The SMILES string of the molecule is CCOc1ccc(Oc2ccc(NC(=O)CN3CCNC(=O)C3)cc2)cc1. The molecule has 0 saturated carbocycles. The van der Waals surface area contributed by atoms with Gasteiger partial charge in [0.2, 0.25) is 11.8 Å². The van der Waals surface area contributed by atoms with Crippen molar-refractivity contribution in [2.24, 2.45) is 0 Å². The predicted octanol–water partition coefficient (Wildman–Crippen LogP) is 2.25. The van der Waals surface area contributed by atoms with E-state index in [1.54, 1.807) is 24.3 Å². The summed E-state index contributed by atoms with van der Waals surface area (Å²) in [5.74, 6) is 1.98. The number of piperazine rings is 1. The fraction of sp³-hybridized carbons (Fsp3) is 0.300. The standard InChI is InChI=1S/C20H23N3O4/c1-2-26-16-7-9-18(10-8-16)27-17-5-3-15(4-6-17)22-20(25)14-23-12-11-21-19(24)13-23/h3-10H,2,11-14H2,1H3,(H,21,24)(H,22,25). The number of hydrogen-bond acceptors (Lipinski definition) is 5. The van der Waals surface area contributed by atoms with Gasteiger partial charge >= 0.3 is 0 Å². The van der Waals surface area contributed by atoms with Gasteiger partial charge in [0.05, 0.1) is 19.7 Å². The molecule has 0 bridgehead atoms. The summed E-state index contributed by atoms with van der Waals surface area (Å²) in [5.41, 5.74) is 0.681. The largest absolute Gasteiger partial charge is 0.494 e. The summed E-state index contributed by atoms with van der Waals surface area (Å²) in [6, 6.07) is 14.5. The van der Waals surface area contributed by atoms with Crippen molar-refractivity contribution in [2.75, 3.05) is 38.1 Å². The molecule has 2 amide bonds. The third-order valence-electron chi connectivity index (χ3n) is 3.99. The lowest BCUT2D eigenvalue weighted by Crippen LogP contribution is -2.49. The number of anilines is 1. The molecule has 0 radical (unpaired) electrons. The first-order valence-electron chi connectivity index (χ1n) is 8.92. The Balaban J connectivity index is 1.50. The Morgan fingerprint density at radius 3 is 2.33 bits per heavy atom. The van der Waals surface area contributed by atoms with Crippen LogP contribution in [0, 0.1) is 0 Å². The maximum Gasteiger partial charge on any atom is 0.238 e. The molecular formula is C20H23N3O4. The number of benzene rings is 2. The molecule has 1 heterocycles. The molecule has 3 rings (SSSR count). The van der Waals surface area contributed by atoms with E-state index >= 15 is 0 Å². The number of rotatable bonds is 7. The first-order chi connectivity index (χ1) is 13.1. The second-order valence-electron chi connectivity index (χ2n) is 6.14. The minimum Gasteiger partial charge on any atom is -0.494 e. The van der Waals surface area contributed by atoms with Gasteiger partial charge in [-0.3, -0.25) is 14.5 Å². The number of ether oxygens (including phenoxy) is 2. The first-order valence-corrected chi connectivity index (χ1v) is 8.92. The average molecular weight is 369 g/mol. The summed E-state index contributed by atoms with van der Waals surface area (Å²) in [6.45, 7) is 4.25. The van der Waals surface area contributed by atoms with Crippen molar-refractivity contribution in [1.82, 2.24) is 10.2 Å². The lowest BCUT2D eigenvalue weighted by Gasteiger charge is -2.25. The maximum atomic E-state index is 12.1. The summed E-state index contributed by atoms with van der Waals surface area (Å²) < 4.78 is 11.2. The summed E-state index contributed by atoms with van der Waals surface area (Å²) in [7, 11) is 0. The molecule has 0 unspecified atom stereocenters. The van der Waals surface area contributed by atoms with Gasteiger partial charge < -0.3 is 20.1 Å². The quantitative estimate of drug-likeness (QED) is 0.783. The van der Waals surface area contributed by atoms with Crippen LogP contribution in [-0.2, 0) is 9.59 Å². The highest BCUT2D eigenvalue weighted by molar-refractivity contribution is 5.92. The predicted molar refractivity (Wildman–Crippen MR) is 102 cm³/mol. The second kappa shape index (κ2) is 9.05. The van der Waals surface area contributed by atoms with Crippen LogP contribution >= 0.6 is 0 Å². The van der Waals surface area contributed by atoms with E-state index in [4.69, 9.17) is 9.47 Å². The molecule has 2 aromatic rings. The molecule has 2 aromatic carbocycles. The molecule has 2 N–H and O–H groups in total. The molecule has 1 aliphatic heterocycles. The molecule has 1 saturated heterocycles. The fourth-order valence-electron chi connectivity index (χ4n) is 2.74. The van der Waals surface area contributed by atoms with Crippen molar-refractivity contribution >= 4 is 17.5 Å². The Morgan fingerprint density at radius 1 is 1.07 bits per heavy atom. The van der Waals surface area contributed by atoms with Crippen molar-refractivity contribution in [3.8, 4) is 17.2 Å². The minimum atomic E-state index is -0.148. The zero-order valence-corrected chi connectivity index (χ0v) is 15.2. The van der Waals surface area contributed by atoms with E-state index in [1.807, 2.05) is 36.1 Å². The van der Waals surface area contributed by atoms with Gasteiger partial charge in [-0.2, -0.15) is 0 Å². The van der Waals surface area contributed by atoms with Crippen molar-refractivity contribution < 1.29 is 19.1 Å². The third kappa shape index (κ3) is 5.72. The van der Waals surface area contributed by atoms with E-state index < -0.39 is 0 Å². The van der Waals surface area contributed by atoms with Crippen LogP contribution in [-0.4, -0.2) is 49.5 Å². The molecule has 0 spiro atoms. The molecule has 1 fully saturated rings. The zero-order chi connectivity index (χ0) is 19.1. The van der Waals surface area contributed by atoms with E-state index in [0.29, 0.717) is 36.9 Å². The van der Waals surface area contributed by atoms with Gasteiger partial charge in [-0.1, -0.05) is 0 Å². The van der Waals surface area contributed by atoms with Crippen LogP contribution in [0.3, 0.4) is 0 Å². The minimum absolute atomic E-state index is 0.0511. The smallest absolute Gasteiger partial charge is 0.238 e. The van der Waals surface area contributed by atoms with Crippen LogP contribution in [0.25, 0.3) is 0 Å². The van der Waals surface area contributed by atoms with Crippen molar-refractivity contribution in [1.29, 1.82) is 0 Å². The molecular weight excluding hydrogens is 346 g/mol. The van der Waals surface area contributed by atoms with E-state index in [1.165, 1.54) is 0 Å². The third-order valence-corrected chi connectivity index (χ3v) is 3.99. The van der Waals surface area contributed by atoms with Crippen LogP contribution < -0.4 is 20.1 Å². The monoisotopic (exact) mass is 369 g/mol. The van der Waals surface area contributed by atoms with E-state index in [9.17, 15) is 9.59 Å². The van der Waals surface area contributed by atoms with Crippen molar-refractivity contribution in [2.45, 2.75) is 6.92 Å². The number of amides is 2. The molecule has 7 nitrogen and oxygen atoms in total. The lowest BCUT2D eigenvalue weighted by molar-refractivity contribution is -0.125. The molecule has 0 aliphatic carbocycles. The molecule has 0 atom stereocenters. The van der Waals surface area contributed by atoms with Crippen molar-refractivity contribution in [3.63, 3.8) is 0 Å². The number of carbonyl (C=O) groups is 2. The summed E-state index contributed by atoms with van der Waals surface area (Å²) in [5, 5.41) is 5.57. The van der Waals surface area contributed by atoms with E-state index in [2.05, 4.69) is 10.6 Å². The molecule has 0 aromatic heterocycles. The topological polar surface area (TPSA) is 79.9 Å². The summed E-state index contributed by atoms with van der Waals surface area (Å²) >= 11 is 0. The Labute approximate surface area is 158 Å². The van der Waals surface area contributed by atoms with E-state index in [-0.39, 0.29) is 24.9 Å². The molecule has 142 valence electrons. The maximum absolute atomic E-state index is 12.1. The molecule has 1 aliphatic rings. The summed E-state index contributed by atoms with van der Waals surface area (Å²) in [4.78, 5) is 25.3. The molecule has 7 heteroatoms. The van der Waals surface area contributed by atoms with Gasteiger partial charge in [0.15, 0.2) is 0 Å². The molecule has 27 heavy (non-hydrogen) atoms. The van der Waals surface area contributed by atoms with Crippen LogP contribution in [0.5, 0.6) is 17.2 Å². The average Bonchev–Trinajstić information content (AvgIpc) is 2.65.